The summed E-state index contributed by atoms with van der Waals surface area (Å²) in [6, 6.07) is 6.18. The summed E-state index contributed by atoms with van der Waals surface area (Å²) in [6.45, 7) is -0.483. The van der Waals surface area contributed by atoms with Crippen molar-refractivity contribution in [3.05, 3.63) is 48.3 Å². The first-order valence-electron chi connectivity index (χ1n) is 8.04. The van der Waals surface area contributed by atoms with E-state index in [2.05, 4.69) is 10.1 Å². The van der Waals surface area contributed by atoms with Gasteiger partial charge in [-0.1, -0.05) is 12.1 Å². The molecule has 1 aromatic heterocycles. The number of rotatable bonds is 6. The summed E-state index contributed by atoms with van der Waals surface area (Å²) in [5.41, 5.74) is -1.42. The molecular formula is C17H22FN3O3. The minimum absolute atomic E-state index is 0.139. The summed E-state index contributed by atoms with van der Waals surface area (Å²) in [5, 5.41) is 35.3. The van der Waals surface area contributed by atoms with Crippen LogP contribution in [0.2, 0.25) is 0 Å². The molecule has 7 heteroatoms. The monoisotopic (exact) mass is 335 g/mol. The molecular weight excluding hydrogens is 313 g/mol. The molecule has 24 heavy (non-hydrogen) atoms. The molecule has 0 spiro atoms. The number of aromatic nitrogens is 3. The number of nitrogens with zero attached hydrogens (tertiary/aromatic N) is 3. The average Bonchev–Trinajstić information content (AvgIpc) is 3.17. The molecule has 0 saturated heterocycles. The molecule has 130 valence electrons. The molecule has 2 unspecified atom stereocenters. The van der Waals surface area contributed by atoms with E-state index in [-0.39, 0.29) is 31.5 Å². The van der Waals surface area contributed by atoms with Crippen molar-refractivity contribution < 1.29 is 19.7 Å². The molecule has 1 heterocycles. The van der Waals surface area contributed by atoms with Crippen LogP contribution in [-0.4, -0.2) is 48.9 Å². The second-order valence-electron chi connectivity index (χ2n) is 6.68. The van der Waals surface area contributed by atoms with Crippen LogP contribution in [0.5, 0.6) is 0 Å². The second kappa shape index (κ2) is 6.58. The van der Waals surface area contributed by atoms with Crippen LogP contribution in [0.25, 0.3) is 0 Å². The maximum Gasteiger partial charge on any atom is 0.137 e. The van der Waals surface area contributed by atoms with Crippen LogP contribution < -0.4 is 0 Å². The van der Waals surface area contributed by atoms with Gasteiger partial charge in [-0.15, -0.1) is 0 Å². The molecule has 6 nitrogen and oxygen atoms in total. The number of benzene rings is 1. The number of halogens is 1. The van der Waals surface area contributed by atoms with Crippen molar-refractivity contribution in [2.45, 2.75) is 31.4 Å². The molecule has 1 saturated carbocycles. The van der Waals surface area contributed by atoms with Gasteiger partial charge in [0.1, 0.15) is 18.5 Å². The Morgan fingerprint density at radius 3 is 2.50 bits per heavy atom. The Kier molecular flexibility index (Phi) is 4.67. The highest BCUT2D eigenvalue weighted by Crippen LogP contribution is 2.51. The van der Waals surface area contributed by atoms with Crippen LogP contribution in [0.1, 0.15) is 18.4 Å². The van der Waals surface area contributed by atoms with Crippen LogP contribution in [0.15, 0.2) is 36.9 Å². The Morgan fingerprint density at radius 2 is 1.92 bits per heavy atom. The van der Waals surface area contributed by atoms with E-state index in [9.17, 15) is 19.7 Å². The molecule has 3 rings (SSSR count). The summed E-state index contributed by atoms with van der Waals surface area (Å²) in [7, 11) is 0. The number of hydrogen-bond donors (Lipinski definition) is 3. The molecule has 0 radical (unpaired) electrons. The molecule has 2 atom stereocenters. The largest absolute Gasteiger partial charge is 0.396 e. The van der Waals surface area contributed by atoms with Crippen LogP contribution in [0.4, 0.5) is 4.39 Å². The fourth-order valence-corrected chi connectivity index (χ4v) is 3.85. The quantitative estimate of drug-likeness (QED) is 0.725. The van der Waals surface area contributed by atoms with Crippen molar-refractivity contribution in [1.29, 1.82) is 0 Å². The summed E-state index contributed by atoms with van der Waals surface area (Å²) in [6.07, 6.45) is 4.59. The third kappa shape index (κ3) is 2.83. The highest BCUT2D eigenvalue weighted by molar-refractivity contribution is 5.19. The van der Waals surface area contributed by atoms with Gasteiger partial charge in [0, 0.05) is 5.41 Å². The SMILES string of the molecule is OCC1(CO)CCC(Cc2ccc(F)cc2)C1(O)Cn1cncn1. The predicted molar refractivity (Wildman–Crippen MR) is 84.4 cm³/mol. The van der Waals surface area contributed by atoms with Crippen molar-refractivity contribution in [3.63, 3.8) is 0 Å². The first-order valence-corrected chi connectivity index (χ1v) is 8.04. The third-order valence-corrected chi connectivity index (χ3v) is 5.44. The van der Waals surface area contributed by atoms with E-state index < -0.39 is 11.0 Å². The lowest BCUT2D eigenvalue weighted by molar-refractivity contribution is -0.143. The molecule has 0 bridgehead atoms. The van der Waals surface area contributed by atoms with Gasteiger partial charge in [0.25, 0.3) is 0 Å². The molecule has 1 aliphatic carbocycles. The van der Waals surface area contributed by atoms with Gasteiger partial charge in [-0.3, -0.25) is 4.68 Å². The van der Waals surface area contributed by atoms with E-state index in [0.717, 1.165) is 5.56 Å². The van der Waals surface area contributed by atoms with Crippen molar-refractivity contribution in [3.8, 4) is 0 Å². The lowest BCUT2D eigenvalue weighted by atomic mass is 9.71. The fraction of sp³-hybridized carbons (Fsp3) is 0.529. The molecule has 0 amide bonds. The van der Waals surface area contributed by atoms with Crippen LogP contribution in [0.3, 0.4) is 0 Å². The van der Waals surface area contributed by atoms with Crippen molar-refractivity contribution in [2.24, 2.45) is 11.3 Å². The lowest BCUT2D eigenvalue weighted by Gasteiger charge is -2.43. The number of hydrogen-bond acceptors (Lipinski definition) is 5. The third-order valence-electron chi connectivity index (χ3n) is 5.44. The summed E-state index contributed by atoms with van der Waals surface area (Å²) in [5.74, 6) is -0.491. The zero-order valence-corrected chi connectivity index (χ0v) is 13.3. The Morgan fingerprint density at radius 1 is 1.21 bits per heavy atom. The predicted octanol–water partition coefficient (Wildman–Crippen LogP) is 0.772. The van der Waals surface area contributed by atoms with Gasteiger partial charge < -0.3 is 15.3 Å². The van der Waals surface area contributed by atoms with Crippen molar-refractivity contribution in [1.82, 2.24) is 14.8 Å². The molecule has 3 N–H and O–H groups in total. The van der Waals surface area contributed by atoms with E-state index in [0.29, 0.717) is 19.3 Å². The Hall–Kier alpha value is -1.83. The highest BCUT2D eigenvalue weighted by Gasteiger charge is 2.59. The first kappa shape index (κ1) is 17.0. The summed E-state index contributed by atoms with van der Waals surface area (Å²) in [4.78, 5) is 3.89. The van der Waals surface area contributed by atoms with E-state index in [1.165, 1.54) is 29.5 Å². The Balaban J connectivity index is 1.90. The number of aliphatic hydroxyl groups is 3. The van der Waals surface area contributed by atoms with E-state index in [4.69, 9.17) is 0 Å². The van der Waals surface area contributed by atoms with Crippen LogP contribution in [-0.2, 0) is 13.0 Å². The standard InChI is InChI=1S/C17H22FN3O3/c18-15-3-1-13(2-4-15)7-14-5-6-16(9-22,10-23)17(14,24)8-21-12-19-11-20-21/h1-4,11-12,14,22-24H,5-10H2. The highest BCUT2D eigenvalue weighted by atomic mass is 19.1. The molecule has 1 aliphatic rings. The van der Waals surface area contributed by atoms with Crippen molar-refractivity contribution >= 4 is 0 Å². The minimum atomic E-state index is -1.33. The average molecular weight is 335 g/mol. The molecule has 1 fully saturated rings. The molecule has 2 aromatic rings. The second-order valence-corrected chi connectivity index (χ2v) is 6.68. The van der Waals surface area contributed by atoms with Gasteiger partial charge in [-0.2, -0.15) is 5.10 Å². The Bertz CT molecular complexity index is 658. The minimum Gasteiger partial charge on any atom is -0.396 e. The van der Waals surface area contributed by atoms with Gasteiger partial charge in [-0.05, 0) is 42.9 Å². The van der Waals surface area contributed by atoms with Gasteiger partial charge in [0.15, 0.2) is 0 Å². The molecule has 1 aromatic carbocycles. The zero-order chi connectivity index (χ0) is 17.2. The van der Waals surface area contributed by atoms with Gasteiger partial charge in [-0.25, -0.2) is 9.37 Å². The number of aliphatic hydroxyl groups excluding tert-OH is 2. The van der Waals surface area contributed by atoms with Crippen LogP contribution in [0, 0.1) is 17.2 Å². The van der Waals surface area contributed by atoms with Crippen molar-refractivity contribution in [2.75, 3.05) is 13.2 Å². The van der Waals surface area contributed by atoms with Gasteiger partial charge >= 0.3 is 0 Å². The summed E-state index contributed by atoms with van der Waals surface area (Å²) >= 11 is 0. The van der Waals surface area contributed by atoms with E-state index in [1.807, 2.05) is 0 Å². The molecule has 0 aliphatic heterocycles. The Labute approximate surface area is 139 Å². The van der Waals surface area contributed by atoms with Gasteiger partial charge in [0.2, 0.25) is 0 Å². The maximum absolute atomic E-state index is 13.1. The zero-order valence-electron chi connectivity index (χ0n) is 13.3. The maximum atomic E-state index is 13.1. The summed E-state index contributed by atoms with van der Waals surface area (Å²) < 4.78 is 14.6. The van der Waals surface area contributed by atoms with E-state index >= 15 is 0 Å². The van der Waals surface area contributed by atoms with E-state index in [1.54, 1.807) is 12.1 Å². The topological polar surface area (TPSA) is 91.4 Å². The van der Waals surface area contributed by atoms with Gasteiger partial charge in [0.05, 0.1) is 25.4 Å². The first-order chi connectivity index (χ1) is 11.5. The smallest absolute Gasteiger partial charge is 0.137 e. The fourth-order valence-electron chi connectivity index (χ4n) is 3.85. The van der Waals surface area contributed by atoms with Crippen LogP contribution >= 0.6 is 0 Å². The normalized spacial score (nSPS) is 25.9. The lowest BCUT2D eigenvalue weighted by Crippen LogP contribution is -2.55.